The summed E-state index contributed by atoms with van der Waals surface area (Å²) in [5, 5.41) is 0. The van der Waals surface area contributed by atoms with Crippen molar-refractivity contribution >= 4 is 0 Å². The zero-order chi connectivity index (χ0) is 9.27. The van der Waals surface area contributed by atoms with E-state index < -0.39 is 0 Å². The maximum absolute atomic E-state index is 6.63. The largest absolute Gasteiger partial charge is 0.325 e. The van der Waals surface area contributed by atoms with Crippen LogP contribution in [0, 0.1) is 23.2 Å². The van der Waals surface area contributed by atoms with Gasteiger partial charge >= 0.3 is 0 Å². The minimum atomic E-state index is 0.256. The molecule has 2 bridgehead atoms. The van der Waals surface area contributed by atoms with Crippen molar-refractivity contribution < 1.29 is 0 Å². The van der Waals surface area contributed by atoms with Gasteiger partial charge in [0.2, 0.25) is 0 Å². The summed E-state index contributed by atoms with van der Waals surface area (Å²) in [7, 11) is 0. The number of rotatable bonds is 0. The molecule has 0 aromatic carbocycles. The summed E-state index contributed by atoms with van der Waals surface area (Å²) in [5.41, 5.74) is 7.42. The molecule has 0 radical (unpaired) electrons. The van der Waals surface area contributed by atoms with Gasteiger partial charge in [0, 0.05) is 5.54 Å². The van der Waals surface area contributed by atoms with E-state index >= 15 is 0 Å². The van der Waals surface area contributed by atoms with E-state index in [1.165, 1.54) is 32.1 Å². The maximum atomic E-state index is 6.63. The second-order valence-corrected chi connectivity index (χ2v) is 6.35. The fraction of sp³-hybridized carbons (Fsp3) is 1.00. The van der Waals surface area contributed by atoms with Gasteiger partial charge in [-0.25, -0.2) is 0 Å². The first-order valence-electron chi connectivity index (χ1n) is 5.83. The molecule has 3 rings (SSSR count). The van der Waals surface area contributed by atoms with Crippen molar-refractivity contribution in [2.75, 3.05) is 0 Å². The molecule has 0 aromatic rings. The van der Waals surface area contributed by atoms with E-state index in [4.69, 9.17) is 5.73 Å². The van der Waals surface area contributed by atoms with Crippen LogP contribution in [0.4, 0.5) is 0 Å². The average Bonchev–Trinajstić information content (AvgIpc) is 2.63. The molecule has 4 atom stereocenters. The van der Waals surface area contributed by atoms with Gasteiger partial charge in [0.05, 0.1) is 0 Å². The zero-order valence-electron chi connectivity index (χ0n) is 8.84. The van der Waals surface area contributed by atoms with Crippen LogP contribution in [0.15, 0.2) is 0 Å². The number of hydrogen-bond acceptors (Lipinski definition) is 1. The summed E-state index contributed by atoms with van der Waals surface area (Å²) in [6.07, 6.45) is 7.00. The topological polar surface area (TPSA) is 26.0 Å². The lowest BCUT2D eigenvalue weighted by Crippen LogP contribution is -2.50. The molecule has 2 N–H and O–H groups in total. The highest BCUT2D eigenvalue weighted by Crippen LogP contribution is 2.65. The van der Waals surface area contributed by atoms with Crippen molar-refractivity contribution in [2.45, 2.75) is 51.5 Å². The Morgan fingerprint density at radius 2 is 1.92 bits per heavy atom. The molecule has 4 unspecified atom stereocenters. The quantitative estimate of drug-likeness (QED) is 0.607. The Morgan fingerprint density at radius 1 is 1.15 bits per heavy atom. The van der Waals surface area contributed by atoms with Gasteiger partial charge in [0.15, 0.2) is 0 Å². The monoisotopic (exact) mass is 179 g/mol. The molecule has 0 saturated heterocycles. The Hall–Kier alpha value is -0.0400. The summed E-state index contributed by atoms with van der Waals surface area (Å²) >= 11 is 0. The molecule has 3 fully saturated rings. The van der Waals surface area contributed by atoms with Crippen molar-refractivity contribution in [1.82, 2.24) is 0 Å². The van der Waals surface area contributed by atoms with Crippen molar-refractivity contribution in [3.05, 3.63) is 0 Å². The highest BCUT2D eigenvalue weighted by Gasteiger charge is 2.63. The van der Waals surface area contributed by atoms with Gasteiger partial charge in [-0.15, -0.1) is 0 Å². The molecule has 3 saturated carbocycles. The number of fused-ring (bicyclic) bond motifs is 5. The van der Waals surface area contributed by atoms with Gasteiger partial charge < -0.3 is 5.73 Å². The minimum Gasteiger partial charge on any atom is -0.325 e. The molecule has 0 aliphatic heterocycles. The van der Waals surface area contributed by atoms with E-state index in [9.17, 15) is 0 Å². The minimum absolute atomic E-state index is 0.256. The summed E-state index contributed by atoms with van der Waals surface area (Å²) in [5.74, 6) is 2.70. The summed E-state index contributed by atoms with van der Waals surface area (Å²) in [6.45, 7) is 4.87. The number of nitrogens with two attached hydrogens (primary N) is 1. The lowest BCUT2D eigenvalue weighted by molar-refractivity contribution is 0.124. The third-order valence-corrected chi connectivity index (χ3v) is 5.33. The third kappa shape index (κ3) is 0.823. The lowest BCUT2D eigenvalue weighted by atomic mass is 9.68. The van der Waals surface area contributed by atoms with Crippen LogP contribution >= 0.6 is 0 Å². The molecule has 13 heavy (non-hydrogen) atoms. The molecule has 1 nitrogen and oxygen atoms in total. The van der Waals surface area contributed by atoms with E-state index in [-0.39, 0.29) is 5.54 Å². The van der Waals surface area contributed by atoms with Crippen LogP contribution in [-0.2, 0) is 0 Å². The Bertz CT molecular complexity index is 246. The van der Waals surface area contributed by atoms with Crippen LogP contribution < -0.4 is 5.73 Å². The molecular weight excluding hydrogens is 158 g/mol. The van der Waals surface area contributed by atoms with Gasteiger partial charge in [0.1, 0.15) is 0 Å². The third-order valence-electron chi connectivity index (χ3n) is 5.33. The molecule has 3 aliphatic carbocycles. The van der Waals surface area contributed by atoms with Crippen LogP contribution in [-0.4, -0.2) is 5.54 Å². The summed E-state index contributed by atoms with van der Waals surface area (Å²) < 4.78 is 0. The van der Waals surface area contributed by atoms with E-state index in [0.717, 1.165) is 17.8 Å². The molecule has 0 spiro atoms. The van der Waals surface area contributed by atoms with Crippen LogP contribution in [0.25, 0.3) is 0 Å². The second-order valence-electron chi connectivity index (χ2n) is 6.35. The molecule has 0 heterocycles. The molecule has 74 valence electrons. The highest BCUT2D eigenvalue weighted by molar-refractivity contribution is 5.17. The first-order chi connectivity index (χ1) is 6.04. The maximum Gasteiger partial charge on any atom is 0.0219 e. The summed E-state index contributed by atoms with van der Waals surface area (Å²) in [4.78, 5) is 0. The molecule has 0 aromatic heterocycles. The van der Waals surface area contributed by atoms with Crippen molar-refractivity contribution in [1.29, 1.82) is 0 Å². The summed E-state index contributed by atoms with van der Waals surface area (Å²) in [6, 6.07) is 0. The van der Waals surface area contributed by atoms with E-state index in [2.05, 4.69) is 13.8 Å². The molecular formula is C12H21N. The van der Waals surface area contributed by atoms with E-state index in [1.807, 2.05) is 0 Å². The van der Waals surface area contributed by atoms with Crippen molar-refractivity contribution in [2.24, 2.45) is 28.9 Å². The fourth-order valence-corrected chi connectivity index (χ4v) is 4.92. The van der Waals surface area contributed by atoms with Gasteiger partial charge in [-0.1, -0.05) is 13.8 Å². The van der Waals surface area contributed by atoms with Crippen LogP contribution in [0.1, 0.15) is 46.0 Å². The van der Waals surface area contributed by atoms with Gasteiger partial charge in [-0.05, 0) is 55.3 Å². The van der Waals surface area contributed by atoms with E-state index in [1.54, 1.807) is 0 Å². The van der Waals surface area contributed by atoms with Crippen LogP contribution in [0.5, 0.6) is 0 Å². The SMILES string of the molecule is CC1(C)CCC2(N)C3CCC(C3)C12. The predicted octanol–water partition coefficient (Wildman–Crippen LogP) is 2.55. The molecule has 3 aliphatic rings. The molecule has 1 heteroatoms. The van der Waals surface area contributed by atoms with Crippen LogP contribution in [0.2, 0.25) is 0 Å². The Labute approximate surface area is 81.1 Å². The van der Waals surface area contributed by atoms with Gasteiger partial charge in [-0.3, -0.25) is 0 Å². The van der Waals surface area contributed by atoms with Crippen LogP contribution in [0.3, 0.4) is 0 Å². The van der Waals surface area contributed by atoms with E-state index in [0.29, 0.717) is 5.41 Å². The van der Waals surface area contributed by atoms with Crippen molar-refractivity contribution in [3.63, 3.8) is 0 Å². The zero-order valence-corrected chi connectivity index (χ0v) is 8.84. The predicted molar refractivity (Wildman–Crippen MR) is 54.3 cm³/mol. The number of hydrogen-bond donors (Lipinski definition) is 1. The standard InChI is InChI=1S/C12H21N/c1-11(2)5-6-12(13)9-4-3-8(7-9)10(11)12/h8-10H,3-7,13H2,1-2H3. The first-order valence-corrected chi connectivity index (χ1v) is 5.83. The molecule has 0 amide bonds. The Balaban J connectivity index is 2.03. The normalized spacial score (nSPS) is 57.0. The van der Waals surface area contributed by atoms with Gasteiger partial charge in [-0.2, -0.15) is 0 Å². The highest BCUT2D eigenvalue weighted by atomic mass is 14.9. The second kappa shape index (κ2) is 2.13. The van der Waals surface area contributed by atoms with Gasteiger partial charge in [0.25, 0.3) is 0 Å². The fourth-order valence-electron chi connectivity index (χ4n) is 4.92. The average molecular weight is 179 g/mol. The lowest BCUT2D eigenvalue weighted by Gasteiger charge is -2.41. The Kier molecular flexibility index (Phi) is 1.36. The van der Waals surface area contributed by atoms with Crippen molar-refractivity contribution in [3.8, 4) is 0 Å². The first kappa shape index (κ1) is 8.28. The Morgan fingerprint density at radius 3 is 2.62 bits per heavy atom. The smallest absolute Gasteiger partial charge is 0.0219 e.